The molecule has 50 heavy (non-hydrogen) atoms. The van der Waals surface area contributed by atoms with Crippen LogP contribution in [0.3, 0.4) is 0 Å². The predicted molar refractivity (Wildman–Crippen MR) is 205 cm³/mol. The minimum atomic E-state index is -0.201. The summed E-state index contributed by atoms with van der Waals surface area (Å²) < 4.78 is 6.47. The summed E-state index contributed by atoms with van der Waals surface area (Å²) >= 11 is 0. The summed E-state index contributed by atoms with van der Waals surface area (Å²) in [5.74, 6) is 1.51. The van der Waals surface area contributed by atoms with Gasteiger partial charge in [0.25, 0.3) is 0 Å². The molecule has 10 rings (SSSR count). The third-order valence-corrected chi connectivity index (χ3v) is 10.6. The second-order valence-electron chi connectivity index (χ2n) is 13.6. The Hall–Kier alpha value is -5.91. The second kappa shape index (κ2) is 11.9. The van der Waals surface area contributed by atoms with Gasteiger partial charge in [0.2, 0.25) is 0 Å². The number of nitrogens with one attached hydrogen (secondary N) is 2. The Morgan fingerprint density at radius 2 is 1.54 bits per heavy atom. The summed E-state index contributed by atoms with van der Waals surface area (Å²) in [7, 11) is 0. The van der Waals surface area contributed by atoms with E-state index in [9.17, 15) is 0 Å². The van der Waals surface area contributed by atoms with Crippen LogP contribution in [0.1, 0.15) is 35.2 Å². The fourth-order valence-electron chi connectivity index (χ4n) is 8.19. The van der Waals surface area contributed by atoms with Crippen molar-refractivity contribution in [3.63, 3.8) is 0 Å². The maximum Gasteiger partial charge on any atom is 0.143 e. The van der Waals surface area contributed by atoms with Gasteiger partial charge in [0.05, 0.1) is 12.2 Å². The van der Waals surface area contributed by atoms with E-state index in [1.807, 2.05) is 6.07 Å². The molecule has 5 nitrogen and oxygen atoms in total. The molecule has 5 atom stereocenters. The standard InChI is InChI=1S/C45H36N4O/c1-3-13-29(14-4-1)43-46-44(30-15-5-2-6-16-30)48-45(47-43)32-17-11-18-33(27-32)49-39-23-9-7-19-35(39)36-26-25-31(28-40(36)49)34-21-12-22-38-37-20-8-10-24-41(37)50-42(34)38/h1-15,17-28,30,35,39,44-45,48H,16H2,(H,46,47). The van der Waals surface area contributed by atoms with Gasteiger partial charge >= 0.3 is 0 Å². The molecule has 5 unspecified atom stereocenters. The van der Waals surface area contributed by atoms with Crippen molar-refractivity contribution in [3.05, 3.63) is 181 Å². The lowest BCUT2D eigenvalue weighted by molar-refractivity contribution is 0.328. The lowest BCUT2D eigenvalue weighted by Crippen LogP contribution is -2.54. The Morgan fingerprint density at radius 1 is 0.700 bits per heavy atom. The molecule has 0 fully saturated rings. The lowest BCUT2D eigenvalue weighted by Gasteiger charge is -2.36. The highest BCUT2D eigenvalue weighted by atomic mass is 16.3. The highest BCUT2D eigenvalue weighted by Crippen LogP contribution is 2.50. The maximum atomic E-state index is 6.47. The molecular weight excluding hydrogens is 613 g/mol. The fourth-order valence-corrected chi connectivity index (χ4v) is 8.19. The molecule has 6 aromatic rings. The number of hydrogen-bond donors (Lipinski definition) is 2. The van der Waals surface area contributed by atoms with Crippen molar-refractivity contribution in [2.75, 3.05) is 4.90 Å². The molecule has 242 valence electrons. The zero-order valence-electron chi connectivity index (χ0n) is 27.5. The molecule has 2 aliphatic heterocycles. The third kappa shape index (κ3) is 4.85. The summed E-state index contributed by atoms with van der Waals surface area (Å²) in [6.07, 6.45) is 18.7. The molecule has 0 saturated heterocycles. The number of furan rings is 1. The van der Waals surface area contributed by atoms with Crippen LogP contribution < -0.4 is 15.5 Å². The van der Waals surface area contributed by atoms with Gasteiger partial charge in [0.15, 0.2) is 0 Å². The number of fused-ring (bicyclic) bond motifs is 6. The Morgan fingerprint density at radius 3 is 2.46 bits per heavy atom. The average Bonchev–Trinajstić information content (AvgIpc) is 3.74. The zero-order valence-corrected chi connectivity index (χ0v) is 27.5. The van der Waals surface area contributed by atoms with Crippen LogP contribution in [0.25, 0.3) is 33.1 Å². The van der Waals surface area contributed by atoms with Crippen LogP contribution in [0.2, 0.25) is 0 Å². The van der Waals surface area contributed by atoms with Crippen LogP contribution in [-0.2, 0) is 0 Å². The first-order valence-electron chi connectivity index (χ1n) is 17.6. The van der Waals surface area contributed by atoms with E-state index in [1.54, 1.807) is 0 Å². The number of hydrogen-bond acceptors (Lipinski definition) is 5. The molecule has 0 radical (unpaired) electrons. The van der Waals surface area contributed by atoms with Gasteiger partial charge in [-0.2, -0.15) is 0 Å². The van der Waals surface area contributed by atoms with E-state index in [-0.39, 0.29) is 24.3 Å². The first-order chi connectivity index (χ1) is 24.8. The summed E-state index contributed by atoms with van der Waals surface area (Å²) in [5.41, 5.74) is 10.1. The first kappa shape index (κ1) is 29.0. The van der Waals surface area contributed by atoms with Crippen molar-refractivity contribution in [1.29, 1.82) is 0 Å². The van der Waals surface area contributed by atoms with E-state index >= 15 is 0 Å². The highest BCUT2D eigenvalue weighted by molar-refractivity contribution is 6.09. The number of rotatable bonds is 5. The van der Waals surface area contributed by atoms with Crippen molar-refractivity contribution in [1.82, 2.24) is 10.6 Å². The molecule has 0 bridgehead atoms. The van der Waals surface area contributed by atoms with Gasteiger partial charge in [-0.1, -0.05) is 140 Å². The molecule has 2 aliphatic carbocycles. The molecule has 0 spiro atoms. The van der Waals surface area contributed by atoms with Gasteiger partial charge < -0.3 is 14.6 Å². The van der Waals surface area contributed by atoms with Crippen LogP contribution in [0.4, 0.5) is 11.4 Å². The number of allylic oxidation sites excluding steroid dienone is 5. The average molecular weight is 649 g/mol. The number of aliphatic imine (C=N–C) groups is 1. The Kier molecular flexibility index (Phi) is 6.91. The van der Waals surface area contributed by atoms with Crippen molar-refractivity contribution in [2.24, 2.45) is 10.9 Å². The zero-order chi connectivity index (χ0) is 33.0. The summed E-state index contributed by atoms with van der Waals surface area (Å²) in [5, 5.41) is 9.86. The van der Waals surface area contributed by atoms with Crippen LogP contribution in [-0.4, -0.2) is 18.0 Å². The van der Waals surface area contributed by atoms with E-state index in [4.69, 9.17) is 9.41 Å². The molecular formula is C45H36N4O. The second-order valence-corrected chi connectivity index (χ2v) is 13.6. The number of para-hydroxylation sites is 2. The molecule has 5 heteroatoms. The summed E-state index contributed by atoms with van der Waals surface area (Å²) in [4.78, 5) is 7.77. The molecule has 0 amide bonds. The lowest BCUT2D eigenvalue weighted by atomic mass is 9.90. The number of benzene rings is 5. The smallest absolute Gasteiger partial charge is 0.143 e. The van der Waals surface area contributed by atoms with E-state index < -0.39 is 0 Å². The fraction of sp³-hybridized carbons (Fsp3) is 0.133. The van der Waals surface area contributed by atoms with E-state index in [0.717, 1.165) is 62.1 Å². The van der Waals surface area contributed by atoms with Crippen LogP contribution >= 0.6 is 0 Å². The molecule has 4 aliphatic rings. The van der Waals surface area contributed by atoms with Gasteiger partial charge in [0, 0.05) is 45.1 Å². The highest BCUT2D eigenvalue weighted by Gasteiger charge is 2.38. The maximum absolute atomic E-state index is 6.47. The van der Waals surface area contributed by atoms with E-state index in [0.29, 0.717) is 5.92 Å². The van der Waals surface area contributed by atoms with Crippen molar-refractivity contribution in [3.8, 4) is 11.1 Å². The van der Waals surface area contributed by atoms with Crippen LogP contribution in [0.15, 0.2) is 173 Å². The van der Waals surface area contributed by atoms with Gasteiger partial charge in [0.1, 0.15) is 23.2 Å². The largest absolute Gasteiger partial charge is 0.455 e. The van der Waals surface area contributed by atoms with Gasteiger partial charge in [-0.15, -0.1) is 0 Å². The Balaban J connectivity index is 1.06. The number of amidine groups is 1. The Bertz CT molecular complexity index is 2410. The first-order valence-corrected chi connectivity index (χ1v) is 17.6. The topological polar surface area (TPSA) is 52.8 Å². The third-order valence-electron chi connectivity index (χ3n) is 10.6. The minimum Gasteiger partial charge on any atom is -0.455 e. The minimum absolute atomic E-state index is 0.0457. The quantitative estimate of drug-likeness (QED) is 0.195. The van der Waals surface area contributed by atoms with Gasteiger partial charge in [-0.05, 0) is 47.4 Å². The molecule has 2 N–H and O–H groups in total. The van der Waals surface area contributed by atoms with Crippen LogP contribution in [0.5, 0.6) is 0 Å². The Labute approximate surface area is 291 Å². The molecule has 1 aromatic heterocycles. The molecule has 0 saturated carbocycles. The van der Waals surface area contributed by atoms with Gasteiger partial charge in [-0.25, -0.2) is 4.99 Å². The van der Waals surface area contributed by atoms with Crippen molar-refractivity contribution >= 4 is 39.1 Å². The normalized spacial score (nSPS) is 23.6. The SMILES string of the molecule is C1=CCC(C2NC(c3ccccc3)=NC(c3cccc(N4c5cc(-c6cccc7c6oc6ccccc67)ccc5C5C=CC=CC54)c3)N2)C=C1. The van der Waals surface area contributed by atoms with Crippen molar-refractivity contribution < 1.29 is 4.42 Å². The van der Waals surface area contributed by atoms with Crippen LogP contribution in [0, 0.1) is 5.92 Å². The number of nitrogens with zero attached hydrogens (tertiary/aromatic N) is 2. The predicted octanol–water partition coefficient (Wildman–Crippen LogP) is 10.1. The number of anilines is 2. The van der Waals surface area contributed by atoms with E-state index in [2.05, 4.69) is 173 Å². The van der Waals surface area contributed by atoms with Crippen molar-refractivity contribution in [2.45, 2.75) is 30.7 Å². The molecule has 3 heterocycles. The summed E-state index contributed by atoms with van der Waals surface area (Å²) in [6, 6.07) is 41.3. The summed E-state index contributed by atoms with van der Waals surface area (Å²) in [6.45, 7) is 0. The van der Waals surface area contributed by atoms with Gasteiger partial charge in [-0.3, -0.25) is 5.32 Å². The monoisotopic (exact) mass is 648 g/mol. The molecule has 5 aromatic carbocycles. The van der Waals surface area contributed by atoms with E-state index in [1.165, 1.54) is 11.3 Å².